The zero-order chi connectivity index (χ0) is 24.4. The second-order valence-corrected chi connectivity index (χ2v) is 14.9. The van der Waals surface area contributed by atoms with Gasteiger partial charge in [0.1, 0.15) is 11.7 Å². The number of rotatable bonds is 5. The smallest absolute Gasteiger partial charge is 0.147 e. The van der Waals surface area contributed by atoms with Gasteiger partial charge in [-0.3, -0.25) is 0 Å². The van der Waals surface area contributed by atoms with Crippen molar-refractivity contribution in [2.45, 2.75) is 103 Å². The molecule has 11 atom stereocenters. The van der Waals surface area contributed by atoms with Crippen LogP contribution in [0.4, 0.5) is 0 Å². The van der Waals surface area contributed by atoms with Crippen LogP contribution in [0.3, 0.4) is 0 Å². The number of aliphatic hydroxyl groups excluding tert-OH is 1. The molecular weight excluding hydrogens is 456 g/mol. The Morgan fingerprint density at radius 1 is 1.11 bits per heavy atom. The molecule has 0 bridgehead atoms. The molecular formula is C30H48O4S. The zero-order valence-electron chi connectivity index (χ0n) is 22.5. The van der Waals surface area contributed by atoms with Crippen LogP contribution in [-0.2, 0) is 14.2 Å². The van der Waals surface area contributed by atoms with E-state index in [0.717, 1.165) is 42.4 Å². The van der Waals surface area contributed by atoms with Gasteiger partial charge < -0.3 is 19.3 Å². The van der Waals surface area contributed by atoms with E-state index in [4.69, 9.17) is 19.3 Å². The van der Waals surface area contributed by atoms with Crippen molar-refractivity contribution in [2.75, 3.05) is 25.8 Å². The normalized spacial score (nSPS) is 53.0. The van der Waals surface area contributed by atoms with Crippen molar-refractivity contribution < 1.29 is 19.3 Å². The van der Waals surface area contributed by atoms with Gasteiger partial charge in [0.25, 0.3) is 0 Å². The summed E-state index contributed by atoms with van der Waals surface area (Å²) in [5, 5.41) is 8.93. The first kappa shape index (κ1) is 25.2. The van der Waals surface area contributed by atoms with Crippen LogP contribution in [0.5, 0.6) is 0 Å². The molecule has 35 heavy (non-hydrogen) atoms. The molecule has 4 aliphatic carbocycles. The van der Waals surface area contributed by atoms with E-state index in [1.54, 1.807) is 5.57 Å². The fourth-order valence-corrected chi connectivity index (χ4v) is 11.7. The number of hydrogen-bond acceptors (Lipinski definition) is 5. The lowest BCUT2D eigenvalue weighted by atomic mass is 9.47. The molecule has 0 unspecified atom stereocenters. The highest BCUT2D eigenvalue weighted by atomic mass is 32.2. The van der Waals surface area contributed by atoms with Gasteiger partial charge in [-0.2, -0.15) is 0 Å². The summed E-state index contributed by atoms with van der Waals surface area (Å²) in [6.45, 7) is 11.0. The van der Waals surface area contributed by atoms with Gasteiger partial charge >= 0.3 is 0 Å². The fraction of sp³-hybridized carbons (Fsp3) is 0.933. The van der Waals surface area contributed by atoms with Crippen molar-refractivity contribution in [3.8, 4) is 0 Å². The van der Waals surface area contributed by atoms with E-state index in [2.05, 4.69) is 45.5 Å². The molecule has 6 aliphatic rings. The number of fused-ring (bicyclic) bond motifs is 7. The van der Waals surface area contributed by atoms with Gasteiger partial charge in [-0.1, -0.05) is 39.3 Å². The summed E-state index contributed by atoms with van der Waals surface area (Å²) in [6.07, 6.45) is 14.8. The second-order valence-electron chi connectivity index (χ2n) is 13.6. The average molecular weight is 505 g/mol. The van der Waals surface area contributed by atoms with Crippen LogP contribution in [0.15, 0.2) is 11.6 Å². The Hall–Kier alpha value is -0.0700. The zero-order valence-corrected chi connectivity index (χ0v) is 23.3. The van der Waals surface area contributed by atoms with Crippen LogP contribution in [0.25, 0.3) is 0 Å². The van der Waals surface area contributed by atoms with E-state index in [1.807, 2.05) is 0 Å². The van der Waals surface area contributed by atoms with Crippen molar-refractivity contribution in [2.24, 2.45) is 46.3 Å². The summed E-state index contributed by atoms with van der Waals surface area (Å²) in [6, 6.07) is 0. The minimum Gasteiger partial charge on any atom is -0.394 e. The standard InChI is InChI=1S/C30H48O4S/c1-19-7-12-30(35-17-19)20(2)27-26(34-30)16-25-23-6-5-21-15-22(33-18-32-14-13-31)8-10-28(21,3)24(23)9-11-29(25,27)4/h5,19-20,22-27,31H,6-18H2,1-4H3/t19-,20+,22+,23-,24+,25+,26+,27+,28+,29+,30+/m1/s1. The Morgan fingerprint density at radius 3 is 2.74 bits per heavy atom. The third kappa shape index (κ3) is 3.92. The Morgan fingerprint density at radius 2 is 1.97 bits per heavy atom. The molecule has 6 rings (SSSR count). The maximum atomic E-state index is 8.93. The number of allylic oxidation sites excluding steroid dienone is 1. The molecule has 1 spiro atoms. The Balaban J connectivity index is 1.17. The van der Waals surface area contributed by atoms with Gasteiger partial charge in [0.05, 0.1) is 25.4 Å². The maximum absolute atomic E-state index is 8.93. The van der Waals surface area contributed by atoms with Crippen LogP contribution in [0.2, 0.25) is 0 Å². The van der Waals surface area contributed by atoms with Crippen LogP contribution >= 0.6 is 11.8 Å². The van der Waals surface area contributed by atoms with Crippen molar-refractivity contribution >= 4 is 11.8 Å². The van der Waals surface area contributed by atoms with E-state index < -0.39 is 0 Å². The van der Waals surface area contributed by atoms with Crippen LogP contribution in [0, 0.1) is 46.3 Å². The molecule has 0 aromatic carbocycles. The van der Waals surface area contributed by atoms with E-state index in [-0.39, 0.29) is 17.6 Å². The monoisotopic (exact) mass is 504 g/mol. The van der Waals surface area contributed by atoms with Gasteiger partial charge in [0.2, 0.25) is 0 Å². The molecule has 2 aliphatic heterocycles. The van der Waals surface area contributed by atoms with E-state index in [0.29, 0.717) is 36.3 Å². The molecule has 198 valence electrons. The quantitative estimate of drug-likeness (QED) is 0.266. The van der Waals surface area contributed by atoms with E-state index in [1.165, 1.54) is 50.7 Å². The third-order valence-corrected chi connectivity index (χ3v) is 13.8. The first-order valence-corrected chi connectivity index (χ1v) is 15.6. The highest BCUT2D eigenvalue weighted by Gasteiger charge is 2.68. The number of thioether (sulfide) groups is 1. The largest absolute Gasteiger partial charge is 0.394 e. The minimum absolute atomic E-state index is 0.0605. The van der Waals surface area contributed by atoms with Gasteiger partial charge in [0, 0.05) is 5.92 Å². The van der Waals surface area contributed by atoms with E-state index in [9.17, 15) is 0 Å². The molecule has 4 nitrogen and oxygen atoms in total. The molecule has 0 amide bonds. The number of ether oxygens (including phenoxy) is 3. The Kier molecular flexibility index (Phi) is 6.70. The highest BCUT2D eigenvalue weighted by molar-refractivity contribution is 8.00. The van der Waals surface area contributed by atoms with Gasteiger partial charge in [0.15, 0.2) is 0 Å². The molecule has 0 aromatic rings. The van der Waals surface area contributed by atoms with Gasteiger partial charge in [-0.05, 0) is 104 Å². The molecule has 1 N–H and O–H groups in total. The number of hydrogen-bond donors (Lipinski definition) is 1. The summed E-state index contributed by atoms with van der Waals surface area (Å²) in [7, 11) is 0. The molecule has 5 fully saturated rings. The predicted molar refractivity (Wildman–Crippen MR) is 141 cm³/mol. The first-order valence-electron chi connectivity index (χ1n) is 14.6. The average Bonchev–Trinajstić information content (AvgIpc) is 3.29. The Bertz CT molecular complexity index is 821. The third-order valence-electron chi connectivity index (χ3n) is 11.9. The fourth-order valence-electron chi connectivity index (χ4n) is 10.1. The summed E-state index contributed by atoms with van der Waals surface area (Å²) < 4.78 is 18.5. The molecule has 2 saturated heterocycles. The van der Waals surface area contributed by atoms with Crippen molar-refractivity contribution in [3.05, 3.63) is 11.6 Å². The number of aliphatic hydroxyl groups is 1. The van der Waals surface area contributed by atoms with Crippen molar-refractivity contribution in [3.63, 3.8) is 0 Å². The van der Waals surface area contributed by atoms with Crippen LogP contribution in [0.1, 0.15) is 85.5 Å². The summed E-state index contributed by atoms with van der Waals surface area (Å²) in [4.78, 5) is 0.109. The minimum atomic E-state index is 0.0605. The molecule has 2 heterocycles. The van der Waals surface area contributed by atoms with E-state index >= 15 is 0 Å². The summed E-state index contributed by atoms with van der Waals surface area (Å²) in [5.41, 5.74) is 2.46. The van der Waals surface area contributed by atoms with Crippen LogP contribution < -0.4 is 0 Å². The second kappa shape index (κ2) is 9.29. The SMILES string of the molecule is C[C@@H]1CC[C@]2(O[C@H]3C[C@H]4[C@@H]5CC=C6C[C@@H](OCOCCO)CC[C@]6(C)[C@H]5CC[C@]4(C)[C@H]3[C@@H]2C)SC1. The first-order chi connectivity index (χ1) is 16.8. The molecule has 3 saturated carbocycles. The van der Waals surface area contributed by atoms with Gasteiger partial charge in [-0.25, -0.2) is 0 Å². The lowest BCUT2D eigenvalue weighted by Gasteiger charge is -2.58. The highest BCUT2D eigenvalue weighted by Crippen LogP contribution is 2.71. The lowest BCUT2D eigenvalue weighted by Crippen LogP contribution is -2.51. The summed E-state index contributed by atoms with van der Waals surface area (Å²) >= 11 is 2.16. The molecule has 5 heteroatoms. The molecule has 0 aromatic heterocycles. The lowest BCUT2D eigenvalue weighted by molar-refractivity contribution is -0.114. The maximum Gasteiger partial charge on any atom is 0.147 e. The van der Waals surface area contributed by atoms with Crippen molar-refractivity contribution in [1.29, 1.82) is 0 Å². The van der Waals surface area contributed by atoms with Crippen LogP contribution in [-0.4, -0.2) is 48.0 Å². The topological polar surface area (TPSA) is 47.9 Å². The Labute approximate surface area is 217 Å². The molecule has 0 radical (unpaired) electrons. The van der Waals surface area contributed by atoms with Crippen molar-refractivity contribution in [1.82, 2.24) is 0 Å². The summed E-state index contributed by atoms with van der Waals surface area (Å²) in [5.74, 6) is 6.01. The van der Waals surface area contributed by atoms with Gasteiger partial charge in [-0.15, -0.1) is 11.8 Å². The predicted octanol–water partition coefficient (Wildman–Crippen LogP) is 6.42.